The molecule has 116 valence electrons. The third-order valence-electron chi connectivity index (χ3n) is 3.35. The van der Waals surface area contributed by atoms with Gasteiger partial charge in [-0.15, -0.1) is 0 Å². The molecule has 0 fully saturated rings. The molecule has 0 unspecified atom stereocenters. The van der Waals surface area contributed by atoms with Crippen molar-refractivity contribution in [3.8, 4) is 22.4 Å². The van der Waals surface area contributed by atoms with Crippen LogP contribution in [0.5, 0.6) is 0 Å². The van der Waals surface area contributed by atoms with Gasteiger partial charge in [-0.3, -0.25) is 25.4 Å². The number of aromatic amines is 2. The van der Waals surface area contributed by atoms with E-state index >= 15 is 0 Å². The zero-order valence-corrected chi connectivity index (χ0v) is 11.7. The summed E-state index contributed by atoms with van der Waals surface area (Å²) in [5.74, 6) is 4.64. The number of carbonyl (C=O) groups is 1. The molecule has 0 spiro atoms. The maximum Gasteiger partial charge on any atom is 0.281 e. The topological polar surface area (TPSA) is 143 Å². The Morgan fingerprint density at radius 3 is 2.87 bits per heavy atom. The molecule has 0 aliphatic rings. The minimum absolute atomic E-state index is 0.00748. The summed E-state index contributed by atoms with van der Waals surface area (Å²) >= 11 is 0. The average molecular weight is 312 g/mol. The predicted molar refractivity (Wildman–Crippen MR) is 82.1 cm³/mol. The predicted octanol–water partition coefficient (Wildman–Crippen LogP) is 1.58. The fourth-order valence-electron chi connectivity index (χ4n) is 2.26. The zero-order valence-electron chi connectivity index (χ0n) is 11.7. The number of nitro groups is 1. The van der Waals surface area contributed by atoms with Gasteiger partial charge in [-0.1, -0.05) is 12.1 Å². The fourth-order valence-corrected chi connectivity index (χ4v) is 2.26. The molecule has 0 atom stereocenters. The van der Waals surface area contributed by atoms with E-state index in [0.717, 1.165) is 0 Å². The van der Waals surface area contributed by atoms with Crippen LogP contribution in [0.25, 0.3) is 22.4 Å². The standard InChI is InChI=1S/C14H12N6O3/c15-18-14(21)12-5-9(6-16-12)13-11(7-17-19-13)8-2-1-3-10(4-8)20(22)23/h1-7,16H,15H2,(H,17,19)(H,18,21). The summed E-state index contributed by atoms with van der Waals surface area (Å²) in [5, 5.41) is 17.7. The number of nitrogens with zero attached hydrogens (tertiary/aromatic N) is 2. The van der Waals surface area contributed by atoms with Crippen molar-refractivity contribution < 1.29 is 9.72 Å². The first kappa shape index (κ1) is 14.5. The van der Waals surface area contributed by atoms with Crippen LogP contribution in [-0.2, 0) is 0 Å². The molecular weight excluding hydrogens is 300 g/mol. The van der Waals surface area contributed by atoms with E-state index in [4.69, 9.17) is 5.84 Å². The van der Waals surface area contributed by atoms with Gasteiger partial charge in [-0.25, -0.2) is 5.84 Å². The molecule has 1 aromatic carbocycles. The lowest BCUT2D eigenvalue weighted by Crippen LogP contribution is -2.30. The van der Waals surface area contributed by atoms with Gasteiger partial charge in [0.1, 0.15) is 5.69 Å². The molecule has 9 nitrogen and oxygen atoms in total. The lowest BCUT2D eigenvalue weighted by Gasteiger charge is -2.01. The molecule has 2 heterocycles. The maximum atomic E-state index is 11.5. The van der Waals surface area contributed by atoms with Crippen molar-refractivity contribution >= 4 is 11.6 Å². The van der Waals surface area contributed by atoms with Crippen molar-refractivity contribution in [1.82, 2.24) is 20.6 Å². The van der Waals surface area contributed by atoms with Crippen LogP contribution in [0.4, 0.5) is 5.69 Å². The van der Waals surface area contributed by atoms with E-state index < -0.39 is 10.8 Å². The highest BCUT2D eigenvalue weighted by molar-refractivity contribution is 5.94. The van der Waals surface area contributed by atoms with Crippen LogP contribution in [0.1, 0.15) is 10.5 Å². The van der Waals surface area contributed by atoms with Crippen LogP contribution in [0.3, 0.4) is 0 Å². The SMILES string of the molecule is NNC(=O)c1cc(-c2[nH]ncc2-c2cccc([N+](=O)[O-])c2)c[nH]1. The maximum absolute atomic E-state index is 11.5. The Balaban J connectivity index is 2.03. The van der Waals surface area contributed by atoms with Gasteiger partial charge in [-0.2, -0.15) is 5.10 Å². The summed E-state index contributed by atoms with van der Waals surface area (Å²) in [7, 11) is 0. The molecule has 1 amide bonds. The minimum atomic E-state index is -0.455. The summed E-state index contributed by atoms with van der Waals surface area (Å²) in [4.78, 5) is 24.8. The number of nitro benzene ring substituents is 1. The molecule has 9 heteroatoms. The minimum Gasteiger partial charge on any atom is -0.356 e. The quantitative estimate of drug-likeness (QED) is 0.250. The largest absolute Gasteiger partial charge is 0.356 e. The van der Waals surface area contributed by atoms with Gasteiger partial charge in [0.25, 0.3) is 11.6 Å². The first-order valence-electron chi connectivity index (χ1n) is 6.58. The number of carbonyl (C=O) groups excluding carboxylic acids is 1. The molecule has 0 aliphatic heterocycles. The number of nitrogen functional groups attached to an aromatic ring is 1. The highest BCUT2D eigenvalue weighted by Gasteiger charge is 2.15. The monoisotopic (exact) mass is 312 g/mol. The zero-order chi connectivity index (χ0) is 16.4. The Morgan fingerprint density at radius 1 is 1.30 bits per heavy atom. The van der Waals surface area contributed by atoms with Crippen LogP contribution < -0.4 is 11.3 Å². The highest BCUT2D eigenvalue weighted by atomic mass is 16.6. The second-order valence-electron chi connectivity index (χ2n) is 4.74. The second kappa shape index (κ2) is 5.73. The second-order valence-corrected chi connectivity index (χ2v) is 4.74. The van der Waals surface area contributed by atoms with E-state index in [1.54, 1.807) is 30.6 Å². The molecule has 0 aliphatic carbocycles. The van der Waals surface area contributed by atoms with Crippen LogP contribution in [0.15, 0.2) is 42.7 Å². The third kappa shape index (κ3) is 2.68. The molecule has 23 heavy (non-hydrogen) atoms. The summed E-state index contributed by atoms with van der Waals surface area (Å²) in [6.07, 6.45) is 3.20. The van der Waals surface area contributed by atoms with Gasteiger partial charge in [-0.05, 0) is 11.6 Å². The van der Waals surface area contributed by atoms with Crippen LogP contribution >= 0.6 is 0 Å². The van der Waals surface area contributed by atoms with Gasteiger partial charge in [0.2, 0.25) is 0 Å². The van der Waals surface area contributed by atoms with Gasteiger partial charge >= 0.3 is 0 Å². The molecular formula is C14H12N6O3. The van der Waals surface area contributed by atoms with Crippen molar-refractivity contribution in [2.75, 3.05) is 0 Å². The van der Waals surface area contributed by atoms with Crippen molar-refractivity contribution in [2.24, 2.45) is 5.84 Å². The van der Waals surface area contributed by atoms with E-state index in [-0.39, 0.29) is 5.69 Å². The highest BCUT2D eigenvalue weighted by Crippen LogP contribution is 2.32. The number of hydrogen-bond donors (Lipinski definition) is 4. The molecule has 2 aromatic heterocycles. The summed E-state index contributed by atoms with van der Waals surface area (Å²) in [6.45, 7) is 0. The van der Waals surface area contributed by atoms with Gasteiger partial charge < -0.3 is 4.98 Å². The smallest absolute Gasteiger partial charge is 0.281 e. The average Bonchev–Trinajstić information content (AvgIpc) is 3.22. The number of H-pyrrole nitrogens is 2. The molecule has 5 N–H and O–H groups in total. The Morgan fingerprint density at radius 2 is 2.13 bits per heavy atom. The first-order chi connectivity index (χ1) is 11.1. The number of hydrazine groups is 1. The van der Waals surface area contributed by atoms with E-state index in [0.29, 0.717) is 28.1 Å². The fraction of sp³-hybridized carbons (Fsp3) is 0. The van der Waals surface area contributed by atoms with Crippen molar-refractivity contribution in [2.45, 2.75) is 0 Å². The van der Waals surface area contributed by atoms with Crippen LogP contribution in [0.2, 0.25) is 0 Å². The van der Waals surface area contributed by atoms with Crippen molar-refractivity contribution in [3.05, 3.63) is 58.5 Å². The van der Waals surface area contributed by atoms with Crippen molar-refractivity contribution in [1.29, 1.82) is 0 Å². The number of nitrogens with one attached hydrogen (secondary N) is 3. The van der Waals surface area contributed by atoms with E-state index in [2.05, 4.69) is 15.2 Å². The lowest BCUT2D eigenvalue weighted by molar-refractivity contribution is -0.384. The van der Waals surface area contributed by atoms with E-state index in [1.807, 2.05) is 5.43 Å². The number of rotatable bonds is 4. The number of non-ortho nitro benzene ring substituents is 1. The molecule has 0 bridgehead atoms. The number of benzene rings is 1. The summed E-state index contributed by atoms with van der Waals surface area (Å²) in [5.41, 5.74) is 4.98. The van der Waals surface area contributed by atoms with Crippen LogP contribution in [0, 0.1) is 10.1 Å². The Hall–Kier alpha value is -3.46. The molecule has 3 rings (SSSR count). The summed E-state index contributed by atoms with van der Waals surface area (Å²) in [6, 6.07) is 7.85. The number of amides is 1. The van der Waals surface area contributed by atoms with Crippen LogP contribution in [-0.4, -0.2) is 26.0 Å². The Kier molecular flexibility index (Phi) is 3.61. The number of aromatic nitrogens is 3. The third-order valence-corrected chi connectivity index (χ3v) is 3.35. The molecule has 0 saturated carbocycles. The van der Waals surface area contributed by atoms with Crippen molar-refractivity contribution in [3.63, 3.8) is 0 Å². The van der Waals surface area contributed by atoms with Gasteiger partial charge in [0.05, 0.1) is 16.8 Å². The Labute approximate surface area is 129 Å². The summed E-state index contributed by atoms with van der Waals surface area (Å²) < 4.78 is 0. The van der Waals surface area contributed by atoms with Gasteiger partial charge in [0.15, 0.2) is 0 Å². The normalized spacial score (nSPS) is 10.5. The number of nitrogens with two attached hydrogens (primary N) is 1. The molecule has 0 saturated heterocycles. The molecule has 0 radical (unpaired) electrons. The molecule has 3 aromatic rings. The first-order valence-corrected chi connectivity index (χ1v) is 6.58. The Bertz CT molecular complexity index is 882. The lowest BCUT2D eigenvalue weighted by atomic mass is 10.0. The van der Waals surface area contributed by atoms with E-state index in [9.17, 15) is 14.9 Å². The van der Waals surface area contributed by atoms with E-state index in [1.165, 1.54) is 12.1 Å². The van der Waals surface area contributed by atoms with Gasteiger partial charge in [0, 0.05) is 29.5 Å². The number of hydrogen-bond acceptors (Lipinski definition) is 5.